The van der Waals surface area contributed by atoms with Crippen LogP contribution in [0.2, 0.25) is 0 Å². The summed E-state index contributed by atoms with van der Waals surface area (Å²) in [6.45, 7) is 3.11. The van der Waals surface area contributed by atoms with Crippen LogP contribution in [-0.2, 0) is 4.74 Å². The Labute approximate surface area is 148 Å². The van der Waals surface area contributed by atoms with Gasteiger partial charge in [0, 0.05) is 31.4 Å². The van der Waals surface area contributed by atoms with Gasteiger partial charge < -0.3 is 15.4 Å². The van der Waals surface area contributed by atoms with Crippen molar-refractivity contribution in [2.24, 2.45) is 0 Å². The summed E-state index contributed by atoms with van der Waals surface area (Å²) in [7, 11) is 1.63. The van der Waals surface area contributed by atoms with Crippen LogP contribution < -0.4 is 10.6 Å². The molecule has 0 saturated heterocycles. The zero-order valence-corrected chi connectivity index (χ0v) is 14.6. The van der Waals surface area contributed by atoms with E-state index in [-0.39, 0.29) is 17.9 Å². The lowest BCUT2D eigenvalue weighted by Crippen LogP contribution is -2.27. The van der Waals surface area contributed by atoms with Crippen molar-refractivity contribution in [3.05, 3.63) is 71.3 Å². The molecule has 0 radical (unpaired) electrons. The predicted molar refractivity (Wildman–Crippen MR) is 97.6 cm³/mol. The molecule has 1 atom stereocenters. The van der Waals surface area contributed by atoms with E-state index in [1.165, 1.54) is 0 Å². The molecule has 1 unspecified atom stereocenters. The minimum absolute atomic E-state index is 0.0857. The zero-order valence-electron chi connectivity index (χ0n) is 14.6. The number of benzene rings is 2. The number of hydrogen-bond acceptors (Lipinski definition) is 3. The van der Waals surface area contributed by atoms with Crippen LogP contribution in [0.25, 0.3) is 0 Å². The number of amides is 2. The third-order valence-corrected chi connectivity index (χ3v) is 3.87. The largest absolute Gasteiger partial charge is 0.385 e. The van der Waals surface area contributed by atoms with Gasteiger partial charge >= 0.3 is 0 Å². The summed E-state index contributed by atoms with van der Waals surface area (Å²) in [5, 5.41) is 5.77. The van der Waals surface area contributed by atoms with Gasteiger partial charge in [-0.3, -0.25) is 9.59 Å². The van der Waals surface area contributed by atoms with Gasteiger partial charge in [0.2, 0.25) is 0 Å². The molecule has 2 rings (SSSR count). The number of carbonyl (C=O) groups excluding carboxylic acids is 2. The Balaban J connectivity index is 1.90. The van der Waals surface area contributed by atoms with Gasteiger partial charge in [-0.25, -0.2) is 0 Å². The maximum Gasteiger partial charge on any atom is 0.251 e. The standard InChI is InChI=1S/C20H24N2O3/c1-15(16-7-4-3-5-8-16)22-20(24)18-11-9-17(10-12-18)19(23)21-13-6-14-25-2/h3-5,7-12,15H,6,13-14H2,1-2H3,(H,21,23)(H,22,24). The molecule has 0 bridgehead atoms. The van der Waals surface area contributed by atoms with Gasteiger partial charge in [-0.15, -0.1) is 0 Å². The van der Waals surface area contributed by atoms with Crippen molar-refractivity contribution >= 4 is 11.8 Å². The monoisotopic (exact) mass is 340 g/mol. The van der Waals surface area contributed by atoms with E-state index in [0.717, 1.165) is 12.0 Å². The Hall–Kier alpha value is -2.66. The molecule has 2 aromatic carbocycles. The number of ether oxygens (including phenoxy) is 1. The first-order valence-electron chi connectivity index (χ1n) is 8.35. The first-order chi connectivity index (χ1) is 12.1. The summed E-state index contributed by atoms with van der Waals surface area (Å²) in [6.07, 6.45) is 0.764. The van der Waals surface area contributed by atoms with Crippen molar-refractivity contribution in [2.45, 2.75) is 19.4 Å². The van der Waals surface area contributed by atoms with Gasteiger partial charge in [-0.2, -0.15) is 0 Å². The third kappa shape index (κ3) is 5.72. The van der Waals surface area contributed by atoms with Gasteiger partial charge in [0.15, 0.2) is 0 Å². The Kier molecular flexibility index (Phi) is 7.16. The Bertz CT molecular complexity index is 684. The van der Waals surface area contributed by atoms with Crippen LogP contribution in [0.4, 0.5) is 0 Å². The lowest BCUT2D eigenvalue weighted by Gasteiger charge is -2.14. The van der Waals surface area contributed by atoms with Crippen LogP contribution in [0.5, 0.6) is 0 Å². The van der Waals surface area contributed by atoms with Crippen molar-refractivity contribution in [2.75, 3.05) is 20.3 Å². The van der Waals surface area contributed by atoms with Gasteiger partial charge in [-0.1, -0.05) is 30.3 Å². The van der Waals surface area contributed by atoms with Crippen molar-refractivity contribution in [1.29, 1.82) is 0 Å². The van der Waals surface area contributed by atoms with Crippen LogP contribution in [0, 0.1) is 0 Å². The summed E-state index contributed by atoms with van der Waals surface area (Å²) >= 11 is 0. The van der Waals surface area contributed by atoms with Crippen molar-refractivity contribution in [1.82, 2.24) is 10.6 Å². The van der Waals surface area contributed by atoms with E-state index in [1.54, 1.807) is 31.4 Å². The molecule has 5 heteroatoms. The topological polar surface area (TPSA) is 67.4 Å². The average molecular weight is 340 g/mol. The van der Waals surface area contributed by atoms with E-state index >= 15 is 0 Å². The molecule has 0 fully saturated rings. The van der Waals surface area contributed by atoms with E-state index in [0.29, 0.717) is 24.3 Å². The Morgan fingerprint density at radius 2 is 1.56 bits per heavy atom. The van der Waals surface area contributed by atoms with Gasteiger partial charge in [-0.05, 0) is 43.2 Å². The molecule has 2 amide bonds. The fraction of sp³-hybridized carbons (Fsp3) is 0.300. The highest BCUT2D eigenvalue weighted by Crippen LogP contribution is 2.13. The first kappa shape index (κ1) is 18.7. The number of methoxy groups -OCH3 is 1. The average Bonchev–Trinajstić information content (AvgIpc) is 2.66. The number of nitrogens with one attached hydrogen (secondary N) is 2. The molecule has 5 nitrogen and oxygen atoms in total. The van der Waals surface area contributed by atoms with E-state index in [4.69, 9.17) is 4.74 Å². The highest BCUT2D eigenvalue weighted by Gasteiger charge is 2.12. The fourth-order valence-electron chi connectivity index (χ4n) is 2.40. The van der Waals surface area contributed by atoms with Crippen LogP contribution in [0.1, 0.15) is 45.7 Å². The third-order valence-electron chi connectivity index (χ3n) is 3.87. The predicted octanol–water partition coefficient (Wildman–Crippen LogP) is 2.94. The van der Waals surface area contributed by atoms with Crippen LogP contribution in [-0.4, -0.2) is 32.1 Å². The highest BCUT2D eigenvalue weighted by molar-refractivity contribution is 5.97. The molecular formula is C20H24N2O3. The molecule has 0 spiro atoms. The molecule has 25 heavy (non-hydrogen) atoms. The van der Waals surface area contributed by atoms with Gasteiger partial charge in [0.25, 0.3) is 11.8 Å². The highest BCUT2D eigenvalue weighted by atomic mass is 16.5. The van der Waals surface area contributed by atoms with Crippen molar-refractivity contribution in [3.63, 3.8) is 0 Å². The van der Waals surface area contributed by atoms with Crippen LogP contribution in [0.15, 0.2) is 54.6 Å². The maximum absolute atomic E-state index is 12.3. The molecule has 132 valence electrons. The first-order valence-corrected chi connectivity index (χ1v) is 8.35. The van der Waals surface area contributed by atoms with Crippen molar-refractivity contribution in [3.8, 4) is 0 Å². The second kappa shape index (κ2) is 9.59. The second-order valence-electron chi connectivity index (χ2n) is 5.79. The molecule has 0 aliphatic rings. The SMILES string of the molecule is COCCCNC(=O)c1ccc(C(=O)NC(C)c2ccccc2)cc1. The minimum atomic E-state index is -0.164. The van der Waals surface area contributed by atoms with Gasteiger partial charge in [0.1, 0.15) is 0 Å². The quantitative estimate of drug-likeness (QED) is 0.726. The Morgan fingerprint density at radius 3 is 2.16 bits per heavy atom. The zero-order chi connectivity index (χ0) is 18.1. The normalized spacial score (nSPS) is 11.6. The summed E-state index contributed by atoms with van der Waals surface area (Å²) in [5.74, 6) is -0.316. The molecule has 2 N–H and O–H groups in total. The molecule has 0 saturated carbocycles. The summed E-state index contributed by atoms with van der Waals surface area (Å²) in [4.78, 5) is 24.3. The van der Waals surface area contributed by atoms with Gasteiger partial charge in [0.05, 0.1) is 6.04 Å². The van der Waals surface area contributed by atoms with Crippen LogP contribution in [0.3, 0.4) is 0 Å². The van der Waals surface area contributed by atoms with E-state index in [2.05, 4.69) is 10.6 Å². The number of carbonyl (C=O) groups is 2. The molecule has 0 aliphatic carbocycles. The second-order valence-corrected chi connectivity index (χ2v) is 5.79. The summed E-state index contributed by atoms with van der Waals surface area (Å²) in [6, 6.07) is 16.3. The van der Waals surface area contributed by atoms with Crippen molar-refractivity contribution < 1.29 is 14.3 Å². The fourth-order valence-corrected chi connectivity index (χ4v) is 2.40. The number of rotatable bonds is 8. The minimum Gasteiger partial charge on any atom is -0.385 e. The maximum atomic E-state index is 12.3. The summed E-state index contributed by atoms with van der Waals surface area (Å²) < 4.78 is 4.94. The number of hydrogen-bond donors (Lipinski definition) is 2. The smallest absolute Gasteiger partial charge is 0.251 e. The lowest BCUT2D eigenvalue weighted by molar-refractivity contribution is 0.0931. The van der Waals surface area contributed by atoms with Crippen LogP contribution >= 0.6 is 0 Å². The van der Waals surface area contributed by atoms with E-state index < -0.39 is 0 Å². The Morgan fingerprint density at radius 1 is 0.960 bits per heavy atom. The summed E-state index contributed by atoms with van der Waals surface area (Å²) in [5.41, 5.74) is 2.10. The lowest BCUT2D eigenvalue weighted by atomic mass is 10.1. The molecule has 2 aromatic rings. The molecule has 0 heterocycles. The molecule has 0 aliphatic heterocycles. The molecule has 0 aromatic heterocycles. The molecular weight excluding hydrogens is 316 g/mol. The van der Waals surface area contributed by atoms with E-state index in [9.17, 15) is 9.59 Å². The van der Waals surface area contributed by atoms with E-state index in [1.807, 2.05) is 37.3 Å².